The van der Waals surface area contributed by atoms with Crippen molar-refractivity contribution in [3.63, 3.8) is 0 Å². The van der Waals surface area contributed by atoms with E-state index in [9.17, 15) is 14.9 Å². The maximum absolute atomic E-state index is 12.3. The smallest absolute Gasteiger partial charge is 0.269 e. The van der Waals surface area contributed by atoms with Crippen molar-refractivity contribution in [1.82, 2.24) is 0 Å². The first-order valence-corrected chi connectivity index (χ1v) is 7.17. The molecule has 5 heteroatoms. The summed E-state index contributed by atoms with van der Waals surface area (Å²) < 4.78 is 0. The quantitative estimate of drug-likeness (QED) is 0.691. The first kappa shape index (κ1) is 14.3. The summed E-state index contributed by atoms with van der Waals surface area (Å²) in [6.45, 7) is 1.75. The summed E-state index contributed by atoms with van der Waals surface area (Å²) in [5.41, 5.74) is 2.54. The van der Waals surface area contributed by atoms with Gasteiger partial charge in [-0.15, -0.1) is 0 Å². The summed E-state index contributed by atoms with van der Waals surface area (Å²) in [4.78, 5) is 22.6. The molecule has 1 aliphatic rings. The van der Waals surface area contributed by atoms with Crippen molar-refractivity contribution in [2.45, 2.75) is 19.3 Å². The number of nitrogens with zero attached hydrogens (tertiary/aromatic N) is 1. The summed E-state index contributed by atoms with van der Waals surface area (Å²) in [6.07, 6.45) is 0.849. The van der Waals surface area contributed by atoms with Crippen LogP contribution in [0.1, 0.15) is 23.5 Å². The molecule has 0 spiro atoms. The largest absolute Gasteiger partial charge is 0.326 e. The van der Waals surface area contributed by atoms with Crippen LogP contribution in [0.4, 0.5) is 11.4 Å². The molecule has 22 heavy (non-hydrogen) atoms. The summed E-state index contributed by atoms with van der Waals surface area (Å²) in [7, 11) is 0. The molecule has 1 N–H and O–H groups in total. The van der Waals surface area contributed by atoms with Crippen LogP contribution in [0, 0.1) is 23.0 Å². The molecule has 3 rings (SSSR count). The Labute approximate surface area is 128 Å². The zero-order valence-corrected chi connectivity index (χ0v) is 12.2. The Morgan fingerprint density at radius 1 is 1.23 bits per heavy atom. The van der Waals surface area contributed by atoms with Crippen LogP contribution in [0.3, 0.4) is 0 Å². The molecule has 2 unspecified atom stereocenters. The molecule has 1 amide bonds. The van der Waals surface area contributed by atoms with E-state index in [1.165, 1.54) is 17.7 Å². The second-order valence-corrected chi connectivity index (χ2v) is 5.60. The number of nitro benzene ring substituents is 1. The third-order valence-corrected chi connectivity index (χ3v) is 4.03. The van der Waals surface area contributed by atoms with Gasteiger partial charge >= 0.3 is 0 Å². The maximum Gasteiger partial charge on any atom is 0.269 e. The average Bonchev–Trinajstić information content (AvgIpc) is 3.30. The van der Waals surface area contributed by atoms with E-state index in [0.717, 1.165) is 6.42 Å². The fourth-order valence-electron chi connectivity index (χ4n) is 2.68. The van der Waals surface area contributed by atoms with E-state index in [-0.39, 0.29) is 23.4 Å². The predicted molar refractivity (Wildman–Crippen MR) is 83.8 cm³/mol. The number of hydrogen-bond donors (Lipinski definition) is 1. The van der Waals surface area contributed by atoms with Gasteiger partial charge in [-0.05, 0) is 36.5 Å². The van der Waals surface area contributed by atoms with Crippen molar-refractivity contribution in [3.8, 4) is 0 Å². The van der Waals surface area contributed by atoms with E-state index < -0.39 is 4.92 Å². The van der Waals surface area contributed by atoms with Gasteiger partial charge in [0.25, 0.3) is 5.69 Å². The molecule has 1 saturated carbocycles. The molecular weight excluding hydrogens is 280 g/mol. The molecule has 1 fully saturated rings. The Bertz CT molecular complexity index is 728. The second-order valence-electron chi connectivity index (χ2n) is 5.60. The van der Waals surface area contributed by atoms with Crippen LogP contribution in [-0.4, -0.2) is 10.8 Å². The van der Waals surface area contributed by atoms with Crippen LogP contribution in [0.5, 0.6) is 0 Å². The zero-order chi connectivity index (χ0) is 15.7. The van der Waals surface area contributed by atoms with Gasteiger partial charge < -0.3 is 5.32 Å². The van der Waals surface area contributed by atoms with E-state index >= 15 is 0 Å². The van der Waals surface area contributed by atoms with Gasteiger partial charge in [-0.25, -0.2) is 0 Å². The highest BCUT2D eigenvalue weighted by Crippen LogP contribution is 2.48. The lowest BCUT2D eigenvalue weighted by atomic mass is 10.1. The number of non-ortho nitro benzene ring substituents is 1. The average molecular weight is 296 g/mol. The first-order chi connectivity index (χ1) is 10.6. The van der Waals surface area contributed by atoms with Crippen LogP contribution in [0.2, 0.25) is 0 Å². The standard InChI is InChI=1S/C17H16N2O3/c1-11-9-13(19(21)22)7-8-16(11)18-17(20)15-10-14(15)12-5-3-2-4-6-12/h2-9,14-15H,10H2,1H3,(H,18,20). The molecule has 0 aromatic heterocycles. The normalized spacial score (nSPS) is 19.5. The van der Waals surface area contributed by atoms with E-state index in [4.69, 9.17) is 0 Å². The molecule has 0 aliphatic heterocycles. The van der Waals surface area contributed by atoms with Crippen molar-refractivity contribution < 1.29 is 9.72 Å². The number of carbonyl (C=O) groups is 1. The van der Waals surface area contributed by atoms with Crippen molar-refractivity contribution in [1.29, 1.82) is 0 Å². The summed E-state index contributed by atoms with van der Waals surface area (Å²) in [5.74, 6) is 0.238. The van der Waals surface area contributed by atoms with Gasteiger partial charge in [-0.2, -0.15) is 0 Å². The van der Waals surface area contributed by atoms with Crippen molar-refractivity contribution in [2.75, 3.05) is 5.32 Å². The highest BCUT2D eigenvalue weighted by Gasteiger charge is 2.43. The fourth-order valence-corrected chi connectivity index (χ4v) is 2.68. The molecule has 112 valence electrons. The number of aryl methyl sites for hydroxylation is 1. The Morgan fingerprint density at radius 2 is 1.95 bits per heavy atom. The molecule has 0 saturated heterocycles. The monoisotopic (exact) mass is 296 g/mol. The molecule has 0 radical (unpaired) electrons. The highest BCUT2D eigenvalue weighted by atomic mass is 16.6. The third kappa shape index (κ3) is 2.83. The summed E-state index contributed by atoms with van der Waals surface area (Å²) >= 11 is 0. The maximum atomic E-state index is 12.3. The molecule has 2 aromatic rings. The van der Waals surface area contributed by atoms with Crippen LogP contribution >= 0.6 is 0 Å². The number of anilines is 1. The fraction of sp³-hybridized carbons (Fsp3) is 0.235. The van der Waals surface area contributed by atoms with Crippen molar-refractivity contribution >= 4 is 17.3 Å². The van der Waals surface area contributed by atoms with Crippen LogP contribution in [-0.2, 0) is 4.79 Å². The number of nitro groups is 1. The first-order valence-electron chi connectivity index (χ1n) is 7.17. The van der Waals surface area contributed by atoms with Crippen LogP contribution in [0.25, 0.3) is 0 Å². The van der Waals surface area contributed by atoms with Crippen molar-refractivity contribution in [2.24, 2.45) is 5.92 Å². The molecule has 2 atom stereocenters. The highest BCUT2D eigenvalue weighted by molar-refractivity contribution is 5.96. The van der Waals surface area contributed by atoms with Gasteiger partial charge in [-0.1, -0.05) is 30.3 Å². The predicted octanol–water partition coefficient (Wildman–Crippen LogP) is 3.65. The third-order valence-electron chi connectivity index (χ3n) is 4.03. The minimum atomic E-state index is -0.440. The van der Waals surface area contributed by atoms with Gasteiger partial charge in [0.2, 0.25) is 5.91 Å². The van der Waals surface area contributed by atoms with Crippen molar-refractivity contribution in [3.05, 3.63) is 69.8 Å². The summed E-state index contributed by atoms with van der Waals surface area (Å²) in [6, 6.07) is 14.4. The second kappa shape index (κ2) is 5.60. The van der Waals surface area contributed by atoms with Gasteiger partial charge in [-0.3, -0.25) is 14.9 Å². The number of nitrogens with one attached hydrogen (secondary N) is 1. The lowest BCUT2D eigenvalue weighted by Crippen LogP contribution is -2.15. The van der Waals surface area contributed by atoms with Gasteiger partial charge in [0, 0.05) is 23.7 Å². The van der Waals surface area contributed by atoms with E-state index in [2.05, 4.69) is 5.32 Å². The molecular formula is C17H16N2O3. The Balaban J connectivity index is 1.67. The van der Waals surface area contributed by atoms with E-state index in [1.54, 1.807) is 13.0 Å². The lowest BCUT2D eigenvalue weighted by Gasteiger charge is -2.08. The Kier molecular flexibility index (Phi) is 3.63. The molecule has 2 aromatic carbocycles. The molecule has 0 bridgehead atoms. The van der Waals surface area contributed by atoms with Gasteiger partial charge in [0.05, 0.1) is 4.92 Å². The van der Waals surface area contributed by atoms with Gasteiger partial charge in [0.15, 0.2) is 0 Å². The SMILES string of the molecule is Cc1cc([N+](=O)[O-])ccc1NC(=O)C1CC1c1ccccc1. The van der Waals surface area contributed by atoms with E-state index in [0.29, 0.717) is 11.3 Å². The Hall–Kier alpha value is -2.69. The zero-order valence-electron chi connectivity index (χ0n) is 12.2. The number of benzene rings is 2. The Morgan fingerprint density at radius 3 is 2.59 bits per heavy atom. The number of carbonyl (C=O) groups excluding carboxylic acids is 1. The van der Waals surface area contributed by atoms with Crippen LogP contribution in [0.15, 0.2) is 48.5 Å². The summed E-state index contributed by atoms with van der Waals surface area (Å²) in [5, 5.41) is 13.6. The molecule has 5 nitrogen and oxygen atoms in total. The number of hydrogen-bond acceptors (Lipinski definition) is 3. The number of amides is 1. The minimum absolute atomic E-state index is 0.0167. The van der Waals surface area contributed by atoms with Crippen LogP contribution < -0.4 is 5.32 Å². The lowest BCUT2D eigenvalue weighted by molar-refractivity contribution is -0.384. The molecule has 1 aliphatic carbocycles. The minimum Gasteiger partial charge on any atom is -0.326 e. The number of rotatable bonds is 4. The molecule has 0 heterocycles. The topological polar surface area (TPSA) is 72.2 Å². The van der Waals surface area contributed by atoms with E-state index in [1.807, 2.05) is 30.3 Å². The van der Waals surface area contributed by atoms with Gasteiger partial charge in [0.1, 0.15) is 0 Å².